The molecule has 8 bridgehead atoms. The molecule has 8 aliphatic heterocycles. The van der Waals surface area contributed by atoms with E-state index >= 15 is 0 Å². The monoisotopic (exact) mass is 1980 g/mol. The number of ketones is 4. The van der Waals surface area contributed by atoms with Crippen LogP contribution in [0.1, 0.15) is 252 Å². The van der Waals surface area contributed by atoms with Crippen molar-refractivity contribution >= 4 is 70.5 Å². The number of aryl methyl sites for hydroxylation is 2. The number of fused-ring (bicyclic) bond motifs is 48. The number of rotatable bonds is 22. The van der Waals surface area contributed by atoms with Gasteiger partial charge in [-0.1, -0.05) is 256 Å². The Kier molecular flexibility index (Phi) is 45.3. The van der Waals surface area contributed by atoms with Crippen molar-refractivity contribution in [3.05, 3.63) is 298 Å². The number of benzene rings is 9. The number of ether oxygens (including phenoxy) is 4. The number of carbonyl (C=O) groups excluding carboxylic acids is 11. The van der Waals surface area contributed by atoms with Crippen LogP contribution in [0.25, 0.3) is 0 Å². The van der Waals surface area contributed by atoms with E-state index in [1.54, 1.807) is 89.2 Å². The van der Waals surface area contributed by atoms with Gasteiger partial charge >= 0.3 is 5.97 Å². The Balaban J connectivity index is 0.000000199. The molecule has 7 amide bonds. The van der Waals surface area contributed by atoms with Gasteiger partial charge in [0.05, 0.1) is 80.2 Å². The highest BCUT2D eigenvalue weighted by molar-refractivity contribution is 6.05. The van der Waals surface area contributed by atoms with E-state index < -0.39 is 95.2 Å². The normalized spacial score (nSPS) is 21.1. The van der Waals surface area contributed by atoms with Gasteiger partial charge in [-0.3, -0.25) is 73.2 Å². The maximum absolute atomic E-state index is 13.9. The first-order valence-corrected chi connectivity index (χ1v) is 51.3. The van der Waals surface area contributed by atoms with E-state index in [-0.39, 0.29) is 69.9 Å². The summed E-state index contributed by atoms with van der Waals surface area (Å²) in [6.07, 6.45) is 11.5. The first kappa shape index (κ1) is 113. The van der Waals surface area contributed by atoms with Crippen molar-refractivity contribution in [1.82, 2.24) is 37.7 Å². The molecule has 0 saturated heterocycles. The highest BCUT2D eigenvalue weighted by Gasteiger charge is 2.42. The van der Waals surface area contributed by atoms with Crippen molar-refractivity contribution in [3.8, 4) is 23.0 Å². The van der Waals surface area contributed by atoms with E-state index in [4.69, 9.17) is 18.9 Å². The van der Waals surface area contributed by atoms with E-state index in [2.05, 4.69) is 66.3 Å². The third-order valence-corrected chi connectivity index (χ3v) is 27.1. The molecule has 0 aromatic heterocycles. The summed E-state index contributed by atoms with van der Waals surface area (Å²) in [5.41, 5.74) is 14.3. The lowest BCUT2D eigenvalue weighted by atomic mass is 9.80. The smallest absolute Gasteiger partial charge is 0.307 e. The van der Waals surface area contributed by atoms with Crippen molar-refractivity contribution < 1.29 is 97.2 Å². The van der Waals surface area contributed by atoms with Crippen molar-refractivity contribution in [2.75, 3.05) is 26.4 Å². The minimum atomic E-state index is -0.973. The summed E-state index contributed by atoms with van der Waals surface area (Å²) < 4.78 is 23.3. The number of amides is 7. The van der Waals surface area contributed by atoms with Crippen molar-refractivity contribution in [3.63, 3.8) is 0 Å². The summed E-state index contributed by atoms with van der Waals surface area (Å²) >= 11 is 0. The van der Waals surface area contributed by atoms with Crippen LogP contribution in [0.2, 0.25) is 0 Å². The van der Waals surface area contributed by atoms with E-state index in [9.17, 15) is 78.3 Å². The predicted octanol–water partition coefficient (Wildman–Crippen LogP) is 18.9. The summed E-state index contributed by atoms with van der Waals surface area (Å²) in [5.74, 6) is -7.30. The lowest BCUT2D eigenvalue weighted by Crippen LogP contribution is -2.48. The number of hydrogen-bond donors (Lipinski definition) is 11. The Bertz CT molecular complexity index is 5620. The number of carboxylic acids is 1. The molecule has 0 fully saturated rings. The molecule has 0 saturated carbocycles. The van der Waals surface area contributed by atoms with Crippen molar-refractivity contribution in [2.24, 2.45) is 65.1 Å². The molecule has 27 heteroatoms. The standard InChI is InChI=1S/C33H38N2O5.C31H42N2O5.C27H34N2O5.C27H33NO5/c1-23-13-15-24(16-14-23)8-7-12-28-29(33(38)35-39)11-5-6-21-40-27-19-17-25(18-20-27)22-30(34-32(28)37)31(36)26-9-3-2-4-10-26;1-20(2)18-26-25(30(36)33-37)8-6-7-17-38-24-15-9-21(10-16-24)19-27(32-29(26)35)28(34)22-11-13-23(14-12-22)31(3,4)5;1-18(2)16-23-22(27(32)29-33)10-6-7-15-34-21-13-11-19(12-14-21)17-24(28-26(23)31)25(30)20-8-4-3-5-9-20;1-18(2)16-23-22(27(31)32)10-6-7-15-33-21-13-11-19(12-14-21)17-24(28-26(23)30)25(29)20-8-4-3-5-9-20/h2-4,9-10,13-20,28-30,39H,5-8,11-12,21-22H2,1H3,(H,34,37)(H,35,38);9-16,20,25-27,37H,6-8,17-19H2,1-5H3,(H,32,35)(H,33,36);3-5,8-9,11-14,18,22-24,33H,6-7,10,15-17H2,1-2H3,(H,28,31)(H,29,32);3-5,8-9,11-14,18,22-24H,6-7,10,15-17H2,1-2H3,(H,28,30)(H,31,32)/t28-,29+,30+;25-,26+,27-;2*22-,23+,24-/m1000/s1. The Morgan fingerprint density at radius 3 is 0.869 bits per heavy atom. The van der Waals surface area contributed by atoms with Crippen LogP contribution in [0.3, 0.4) is 0 Å². The van der Waals surface area contributed by atoms with E-state index in [0.717, 1.165) is 62.8 Å². The molecular formula is C118H147N7O20. The molecule has 9 aromatic rings. The summed E-state index contributed by atoms with van der Waals surface area (Å²) in [6.45, 7) is 22.2. The van der Waals surface area contributed by atoms with Crippen LogP contribution in [0.15, 0.2) is 237 Å². The molecule has 17 rings (SSSR count). The van der Waals surface area contributed by atoms with Gasteiger partial charge in [-0.05, 0) is 228 Å². The average Bonchev–Trinajstić information content (AvgIpc) is 1.45. The highest BCUT2D eigenvalue weighted by Crippen LogP contribution is 2.35. The van der Waals surface area contributed by atoms with Gasteiger partial charge in [0, 0.05) is 65.7 Å². The van der Waals surface area contributed by atoms with Crippen LogP contribution in [0.5, 0.6) is 23.0 Å². The number of aliphatic carboxylic acids is 1. The van der Waals surface area contributed by atoms with E-state index in [0.29, 0.717) is 184 Å². The zero-order chi connectivity index (χ0) is 104. The maximum atomic E-state index is 13.9. The summed E-state index contributed by atoms with van der Waals surface area (Å²) in [6, 6.07) is 69.4. The molecule has 0 unspecified atom stereocenters. The van der Waals surface area contributed by atoms with Gasteiger partial charge in [0.15, 0.2) is 23.1 Å². The summed E-state index contributed by atoms with van der Waals surface area (Å²) in [7, 11) is 0. The summed E-state index contributed by atoms with van der Waals surface area (Å²) in [5, 5.41) is 50.2. The second kappa shape index (κ2) is 57.9. The number of nitrogens with one attached hydrogen (secondary N) is 7. The molecule has 0 radical (unpaired) electrons. The lowest BCUT2D eigenvalue weighted by molar-refractivity contribution is -0.148. The second-order valence-electron chi connectivity index (χ2n) is 40.8. The Morgan fingerprint density at radius 2 is 0.600 bits per heavy atom. The number of carbonyl (C=O) groups is 12. The quantitative estimate of drug-likeness (QED) is 0.0170. The molecule has 8 aliphatic rings. The number of Topliss-reactive ketones (excluding diaryl/α,β-unsaturated/α-hetero) is 4. The van der Waals surface area contributed by atoms with Gasteiger partial charge in [-0.15, -0.1) is 0 Å². The van der Waals surface area contributed by atoms with Crippen LogP contribution in [-0.4, -0.2) is 142 Å². The fraction of sp³-hybridized carbons (Fsp3) is 0.441. The van der Waals surface area contributed by atoms with Crippen LogP contribution in [0, 0.1) is 72.0 Å². The molecule has 0 spiro atoms. The first-order chi connectivity index (χ1) is 69.7. The maximum Gasteiger partial charge on any atom is 0.307 e. The number of hydroxylamine groups is 3. The van der Waals surface area contributed by atoms with Crippen LogP contribution in [0.4, 0.5) is 0 Å². The third-order valence-electron chi connectivity index (χ3n) is 27.1. The Hall–Kier alpha value is -13.5. The molecule has 145 heavy (non-hydrogen) atoms. The van der Waals surface area contributed by atoms with E-state index in [1.807, 2.05) is 188 Å². The van der Waals surface area contributed by atoms with Gasteiger partial charge in [0.2, 0.25) is 41.4 Å². The SMILES string of the molecule is CC(C)C[C@H]1C(=O)N[C@H](C(=O)c2ccc(C(C)(C)C)cc2)Cc2ccc(cc2)OCCCC[C@@H]1C(=O)NO.CC(C)C[C@H]1C(=O)N[C@H](C(=O)c2ccccc2)Cc2ccc(cc2)OCCCC[C@@H]1C(=O)NO.CC(C)C[C@H]1C(=O)N[C@H](C(=O)c2ccccc2)Cc2ccc(cc2)OCCCC[C@@H]1C(=O)O.Cc1ccc(CCC[C@H]2C(=O)N[C@H](C(=O)c3ccccc3)Cc3ccc(cc3)OCCCC[C@@H]2C(=O)NO)cc1. The average molecular weight is 1980 g/mol. The Labute approximate surface area is 853 Å². The first-order valence-electron chi connectivity index (χ1n) is 51.3. The molecular weight excluding hydrogens is 1840 g/mol. The third kappa shape index (κ3) is 36.0. The lowest BCUT2D eigenvalue weighted by Gasteiger charge is -2.28. The van der Waals surface area contributed by atoms with Crippen LogP contribution < -0.4 is 56.7 Å². The molecule has 9 aromatic carbocycles. The molecule has 774 valence electrons. The van der Waals surface area contributed by atoms with Crippen molar-refractivity contribution in [2.45, 2.75) is 240 Å². The van der Waals surface area contributed by atoms with Gasteiger partial charge in [-0.25, -0.2) is 16.4 Å². The fourth-order valence-corrected chi connectivity index (χ4v) is 19.1. The van der Waals surface area contributed by atoms with Gasteiger partial charge in [0.1, 0.15) is 23.0 Å². The molecule has 27 nitrogen and oxygen atoms in total. The van der Waals surface area contributed by atoms with Crippen molar-refractivity contribution in [1.29, 1.82) is 0 Å². The summed E-state index contributed by atoms with van der Waals surface area (Å²) in [4.78, 5) is 159. The minimum absolute atomic E-state index is 0.0466. The number of hydrogen-bond acceptors (Lipinski definition) is 19. The van der Waals surface area contributed by atoms with Gasteiger partial charge < -0.3 is 45.3 Å². The zero-order valence-corrected chi connectivity index (χ0v) is 85.4. The second-order valence-corrected chi connectivity index (χ2v) is 40.8. The van der Waals surface area contributed by atoms with Crippen LogP contribution in [-0.2, 0) is 75.9 Å². The zero-order valence-electron chi connectivity index (χ0n) is 85.4. The van der Waals surface area contributed by atoms with E-state index in [1.165, 1.54) is 5.56 Å². The largest absolute Gasteiger partial charge is 0.494 e. The molecule has 12 atom stereocenters. The molecule has 8 heterocycles. The number of carboxylic acid groups (broad SMARTS) is 1. The minimum Gasteiger partial charge on any atom is -0.494 e. The molecule has 11 N–H and O–H groups in total. The van der Waals surface area contributed by atoms with Crippen LogP contribution >= 0.6 is 0 Å². The fourth-order valence-electron chi connectivity index (χ4n) is 19.1. The topological polar surface area (TPSA) is 407 Å². The Morgan fingerprint density at radius 1 is 0.338 bits per heavy atom. The molecule has 0 aliphatic carbocycles. The highest BCUT2D eigenvalue weighted by atomic mass is 16.5. The van der Waals surface area contributed by atoms with Gasteiger partial charge in [-0.2, -0.15) is 0 Å². The predicted molar refractivity (Wildman–Crippen MR) is 555 cm³/mol. The van der Waals surface area contributed by atoms with Gasteiger partial charge in [0.25, 0.3) is 0 Å².